The molecule has 0 bridgehead atoms. The van der Waals surface area contributed by atoms with Gasteiger partial charge in [-0.3, -0.25) is 4.98 Å². The van der Waals surface area contributed by atoms with Crippen LogP contribution in [0.15, 0.2) is 158 Å². The van der Waals surface area contributed by atoms with Crippen LogP contribution in [0.3, 0.4) is 0 Å². The maximum absolute atomic E-state index is 6.71. The van der Waals surface area contributed by atoms with E-state index in [9.17, 15) is 0 Å². The Morgan fingerprint density at radius 1 is 0.533 bits per heavy atom. The van der Waals surface area contributed by atoms with Crippen molar-refractivity contribution in [2.24, 2.45) is 0 Å². The van der Waals surface area contributed by atoms with E-state index in [4.69, 9.17) is 14.7 Å². The first kappa shape index (κ1) is 37.5. The first-order chi connectivity index (χ1) is 28.9. The molecule has 0 radical (unpaired) electrons. The summed E-state index contributed by atoms with van der Waals surface area (Å²) in [5.41, 5.74) is 15.7. The van der Waals surface area contributed by atoms with Crippen LogP contribution in [-0.2, 0) is 21.1 Å². The largest absolute Gasteiger partial charge is 2.00 e. The number of fused-ring (bicyclic) bond motifs is 9. The standard InChI is InChI=1S/C54H38N4O.Pt/c1-33-14-12-15-34(2)51(33)46-29-38(37-18-6-5-7-19-37)28-44-41-25-23-39(30-45(41)54-56-32-49(58(54)53(44)46)52-35(3)16-13-17-36(52)4)59-40-24-26-43-42-20-8-9-21-47(42)57(48(43)31-40)50-22-10-11-27-55-50;/h5-29,32H,1-4H3;/q-2;+2. The number of aromatic nitrogens is 4. The van der Waals surface area contributed by atoms with Crippen LogP contribution in [0.5, 0.6) is 11.5 Å². The van der Waals surface area contributed by atoms with Crippen LogP contribution in [0.2, 0.25) is 0 Å². The molecule has 11 rings (SSSR count). The van der Waals surface area contributed by atoms with Crippen molar-refractivity contribution in [1.29, 1.82) is 0 Å². The van der Waals surface area contributed by atoms with E-state index >= 15 is 0 Å². The monoisotopic (exact) mass is 953 g/mol. The van der Waals surface area contributed by atoms with Gasteiger partial charge in [-0.05, 0) is 102 Å². The molecule has 11 aromatic rings. The summed E-state index contributed by atoms with van der Waals surface area (Å²) < 4.78 is 11.2. The summed E-state index contributed by atoms with van der Waals surface area (Å²) in [6.07, 6.45) is 3.85. The molecule has 290 valence electrons. The van der Waals surface area contributed by atoms with E-state index in [1.807, 2.05) is 42.7 Å². The van der Waals surface area contributed by atoms with Gasteiger partial charge >= 0.3 is 21.1 Å². The number of ether oxygens (including phenoxy) is 1. The summed E-state index contributed by atoms with van der Waals surface area (Å²) in [4.78, 5) is 9.94. The van der Waals surface area contributed by atoms with Gasteiger partial charge in [-0.15, -0.1) is 29.7 Å². The Morgan fingerprint density at radius 3 is 1.93 bits per heavy atom. The zero-order valence-corrected chi connectivity index (χ0v) is 35.8. The number of rotatable bonds is 6. The molecule has 0 spiro atoms. The zero-order chi connectivity index (χ0) is 39.8. The van der Waals surface area contributed by atoms with Crippen molar-refractivity contribution in [3.05, 3.63) is 192 Å². The summed E-state index contributed by atoms with van der Waals surface area (Å²) in [5.74, 6) is 2.00. The Bertz CT molecular complexity index is 3420. The molecule has 0 aliphatic heterocycles. The fraction of sp³-hybridized carbons (Fsp3) is 0.0741. The maximum atomic E-state index is 6.71. The van der Waals surface area contributed by atoms with Crippen molar-refractivity contribution in [1.82, 2.24) is 18.9 Å². The first-order valence-corrected chi connectivity index (χ1v) is 20.0. The van der Waals surface area contributed by atoms with E-state index in [2.05, 4.69) is 164 Å². The molecule has 5 nitrogen and oxygen atoms in total. The summed E-state index contributed by atoms with van der Waals surface area (Å²) >= 11 is 0. The molecular weight excluding hydrogens is 916 g/mol. The number of hydrogen-bond donors (Lipinski definition) is 0. The van der Waals surface area contributed by atoms with Gasteiger partial charge in [-0.2, -0.15) is 6.07 Å². The number of para-hydroxylation sites is 1. The van der Waals surface area contributed by atoms with E-state index in [1.54, 1.807) is 0 Å². The van der Waals surface area contributed by atoms with Crippen LogP contribution in [0.25, 0.3) is 88.5 Å². The van der Waals surface area contributed by atoms with Crippen LogP contribution < -0.4 is 4.74 Å². The molecule has 0 N–H and O–H groups in total. The summed E-state index contributed by atoms with van der Waals surface area (Å²) in [5, 5.41) is 5.27. The van der Waals surface area contributed by atoms with Crippen LogP contribution in [0, 0.1) is 39.8 Å². The third-order valence-electron chi connectivity index (χ3n) is 11.8. The third kappa shape index (κ3) is 5.95. The molecule has 6 heteroatoms. The molecule has 60 heavy (non-hydrogen) atoms. The van der Waals surface area contributed by atoms with Crippen LogP contribution in [0.1, 0.15) is 22.3 Å². The van der Waals surface area contributed by atoms with Gasteiger partial charge in [0.25, 0.3) is 0 Å². The first-order valence-electron chi connectivity index (χ1n) is 20.0. The van der Waals surface area contributed by atoms with Crippen molar-refractivity contribution in [3.63, 3.8) is 0 Å². The quantitative estimate of drug-likeness (QED) is 0.123. The normalized spacial score (nSPS) is 11.5. The zero-order valence-electron chi connectivity index (χ0n) is 33.5. The Hall–Kier alpha value is -6.81. The summed E-state index contributed by atoms with van der Waals surface area (Å²) in [6.45, 7) is 8.79. The van der Waals surface area contributed by atoms with Crippen molar-refractivity contribution in [3.8, 4) is 50.8 Å². The second kappa shape index (κ2) is 14.8. The molecule has 0 saturated heterocycles. The average molecular weight is 954 g/mol. The molecule has 0 atom stereocenters. The predicted octanol–water partition coefficient (Wildman–Crippen LogP) is 13.8. The van der Waals surface area contributed by atoms with Gasteiger partial charge in [-0.25, -0.2) is 4.98 Å². The maximum Gasteiger partial charge on any atom is 2.00 e. The SMILES string of the molecule is Cc1cccc(C)c1-c1cc(-c2ccccc2)cc2c3ccc(Oc4[c-]c5c(cc4)c4ccccc4n5-c4ccccn4)[c-]c3c3ncc(-c4c(C)cccc4C)n3c12.[Pt+2]. The minimum absolute atomic E-state index is 0. The van der Waals surface area contributed by atoms with E-state index in [0.717, 1.165) is 71.8 Å². The van der Waals surface area contributed by atoms with Crippen molar-refractivity contribution < 1.29 is 25.8 Å². The summed E-state index contributed by atoms with van der Waals surface area (Å²) in [6, 6.07) is 58.4. The molecule has 0 aliphatic rings. The molecule has 7 aromatic carbocycles. The van der Waals surface area contributed by atoms with Gasteiger partial charge < -0.3 is 13.7 Å². The Balaban J connectivity index is 0.00000433. The molecule has 0 amide bonds. The molecule has 4 heterocycles. The molecular formula is C54H38N4OPt. The predicted molar refractivity (Wildman–Crippen MR) is 242 cm³/mol. The Kier molecular flexibility index (Phi) is 9.23. The van der Waals surface area contributed by atoms with E-state index in [1.165, 1.54) is 38.9 Å². The molecule has 0 unspecified atom stereocenters. The minimum atomic E-state index is 0. The molecule has 4 aromatic heterocycles. The number of hydrogen-bond acceptors (Lipinski definition) is 3. The fourth-order valence-electron chi connectivity index (χ4n) is 9.17. The van der Waals surface area contributed by atoms with Crippen LogP contribution in [0.4, 0.5) is 0 Å². The molecule has 0 saturated carbocycles. The average Bonchev–Trinajstić information content (AvgIpc) is 3.84. The third-order valence-corrected chi connectivity index (χ3v) is 11.8. The van der Waals surface area contributed by atoms with Gasteiger partial charge in [0.1, 0.15) is 5.82 Å². The van der Waals surface area contributed by atoms with Gasteiger partial charge in [0.15, 0.2) is 0 Å². The summed E-state index contributed by atoms with van der Waals surface area (Å²) in [7, 11) is 0. The van der Waals surface area contributed by atoms with E-state index in [0.29, 0.717) is 11.5 Å². The molecule has 0 fully saturated rings. The number of pyridine rings is 2. The topological polar surface area (TPSA) is 44.3 Å². The number of aryl methyl sites for hydroxylation is 4. The number of benzene rings is 7. The van der Waals surface area contributed by atoms with Crippen molar-refractivity contribution in [2.45, 2.75) is 27.7 Å². The minimum Gasteiger partial charge on any atom is -0.503 e. The Labute approximate surface area is 362 Å². The Morgan fingerprint density at radius 2 is 1.20 bits per heavy atom. The smallest absolute Gasteiger partial charge is 0.503 e. The second-order valence-electron chi connectivity index (χ2n) is 15.5. The van der Waals surface area contributed by atoms with Gasteiger partial charge in [0, 0.05) is 46.1 Å². The van der Waals surface area contributed by atoms with Crippen molar-refractivity contribution in [2.75, 3.05) is 0 Å². The van der Waals surface area contributed by atoms with Crippen LogP contribution >= 0.6 is 0 Å². The molecule has 0 aliphatic carbocycles. The van der Waals surface area contributed by atoms with Crippen LogP contribution in [-0.4, -0.2) is 18.9 Å². The van der Waals surface area contributed by atoms with E-state index < -0.39 is 0 Å². The van der Waals surface area contributed by atoms with Gasteiger partial charge in [0.05, 0.1) is 11.3 Å². The number of nitrogens with zero attached hydrogens (tertiary/aromatic N) is 4. The second-order valence-corrected chi connectivity index (χ2v) is 15.5. The van der Waals surface area contributed by atoms with Gasteiger partial charge in [0.2, 0.25) is 0 Å². The number of imidazole rings is 1. The van der Waals surface area contributed by atoms with E-state index in [-0.39, 0.29) is 21.1 Å². The van der Waals surface area contributed by atoms with Gasteiger partial charge in [-0.1, -0.05) is 119 Å². The van der Waals surface area contributed by atoms with Crippen molar-refractivity contribution >= 4 is 49.1 Å². The fourth-order valence-corrected chi connectivity index (χ4v) is 9.17.